The molecule has 2 aliphatic rings. The quantitative estimate of drug-likeness (QED) is 0.539. The lowest BCUT2D eigenvalue weighted by molar-refractivity contribution is -0.138. The van der Waals surface area contributed by atoms with Crippen molar-refractivity contribution in [3.05, 3.63) is 29.8 Å². The molecule has 2 heterocycles. The number of nitrogens with zero attached hydrogens (tertiary/aromatic N) is 3. The summed E-state index contributed by atoms with van der Waals surface area (Å²) < 4.78 is 23.1. The number of carbonyl (C=O) groups excluding carboxylic acids is 4. The maximum Gasteiger partial charge on any atom is 0.251 e. The number of rotatable bonds is 8. The smallest absolute Gasteiger partial charge is 0.251 e. The Labute approximate surface area is 206 Å². The van der Waals surface area contributed by atoms with E-state index in [0.29, 0.717) is 18.4 Å². The summed E-state index contributed by atoms with van der Waals surface area (Å²) in [5, 5.41) is 2.83. The molecule has 0 saturated carbocycles. The zero-order valence-electron chi connectivity index (χ0n) is 20.9. The van der Waals surface area contributed by atoms with Crippen LogP contribution in [0.25, 0.3) is 0 Å². The number of anilines is 1. The highest BCUT2D eigenvalue weighted by Crippen LogP contribution is 2.31. The summed E-state index contributed by atoms with van der Waals surface area (Å²) in [6.07, 6.45) is 1.74. The van der Waals surface area contributed by atoms with Gasteiger partial charge < -0.3 is 20.0 Å². The lowest BCUT2D eigenvalue weighted by Gasteiger charge is -2.29. The van der Waals surface area contributed by atoms with E-state index in [1.807, 2.05) is 45.0 Å². The predicted molar refractivity (Wildman–Crippen MR) is 132 cm³/mol. The summed E-state index contributed by atoms with van der Waals surface area (Å²) >= 11 is 0. The molecular formula is C24H34N4O6S. The Morgan fingerprint density at radius 3 is 2.29 bits per heavy atom. The number of Topliss-reactive ketones (excluding diaryl/α,β-unsaturated/α-hetero) is 1. The SMILES string of the molecule is CC(C)CC(NC(=O)c1ccc(N(C)C)cc1)C(=O)N1CCC2C1C(=O)CN2C(=O)CS(C)(=O)=O. The minimum absolute atomic E-state index is 0.103. The summed E-state index contributed by atoms with van der Waals surface area (Å²) in [4.78, 5) is 56.4. The number of ketones is 1. The van der Waals surface area contributed by atoms with Gasteiger partial charge in [0.05, 0.1) is 12.6 Å². The van der Waals surface area contributed by atoms with Crippen molar-refractivity contribution >= 4 is 39.0 Å². The van der Waals surface area contributed by atoms with Gasteiger partial charge in [-0.2, -0.15) is 0 Å². The van der Waals surface area contributed by atoms with Crippen molar-refractivity contribution in [2.24, 2.45) is 5.92 Å². The first-order chi connectivity index (χ1) is 16.3. The van der Waals surface area contributed by atoms with Gasteiger partial charge in [0.1, 0.15) is 17.8 Å². The fourth-order valence-electron chi connectivity index (χ4n) is 4.74. The largest absolute Gasteiger partial charge is 0.378 e. The van der Waals surface area contributed by atoms with Gasteiger partial charge in [-0.15, -0.1) is 0 Å². The van der Waals surface area contributed by atoms with Crippen molar-refractivity contribution in [2.45, 2.75) is 44.8 Å². The van der Waals surface area contributed by atoms with Crippen LogP contribution in [0.3, 0.4) is 0 Å². The van der Waals surface area contributed by atoms with E-state index in [-0.39, 0.29) is 36.6 Å². The van der Waals surface area contributed by atoms with E-state index in [9.17, 15) is 27.6 Å². The third-order valence-corrected chi connectivity index (χ3v) is 7.14. The summed E-state index contributed by atoms with van der Waals surface area (Å²) in [7, 11) is 0.253. The van der Waals surface area contributed by atoms with Crippen LogP contribution < -0.4 is 10.2 Å². The molecule has 11 heteroatoms. The molecule has 1 aromatic rings. The van der Waals surface area contributed by atoms with E-state index in [1.54, 1.807) is 12.1 Å². The average molecular weight is 507 g/mol. The first-order valence-corrected chi connectivity index (χ1v) is 13.7. The molecule has 0 aromatic heterocycles. The van der Waals surface area contributed by atoms with Crippen LogP contribution in [-0.2, 0) is 24.2 Å². The first kappa shape index (κ1) is 26.7. The maximum atomic E-state index is 13.5. The Morgan fingerprint density at radius 1 is 1.11 bits per heavy atom. The van der Waals surface area contributed by atoms with Crippen LogP contribution in [0.2, 0.25) is 0 Å². The van der Waals surface area contributed by atoms with Crippen LogP contribution in [0.4, 0.5) is 5.69 Å². The van der Waals surface area contributed by atoms with Crippen LogP contribution in [0, 0.1) is 5.92 Å². The monoisotopic (exact) mass is 506 g/mol. The molecule has 2 saturated heterocycles. The highest BCUT2D eigenvalue weighted by Gasteiger charge is 2.52. The van der Waals surface area contributed by atoms with Crippen LogP contribution in [0.15, 0.2) is 24.3 Å². The zero-order chi connectivity index (χ0) is 26.1. The Kier molecular flexibility index (Phi) is 7.88. The fourth-order valence-corrected chi connectivity index (χ4v) is 5.36. The standard InChI is InChI=1S/C24H34N4O6S/c1-15(2)12-18(25-23(31)16-6-8-17(9-7-16)26(3)4)24(32)27-11-10-19-22(27)20(29)13-28(19)21(30)14-35(5,33)34/h6-9,15,18-19,22H,10-14H2,1-5H3,(H,25,31). The Balaban J connectivity index is 1.76. The van der Waals surface area contributed by atoms with Crippen molar-refractivity contribution in [1.29, 1.82) is 0 Å². The molecule has 192 valence electrons. The topological polar surface area (TPSA) is 124 Å². The van der Waals surface area contributed by atoms with Crippen LogP contribution >= 0.6 is 0 Å². The van der Waals surface area contributed by atoms with Gasteiger partial charge in [-0.25, -0.2) is 8.42 Å². The molecule has 0 spiro atoms. The molecule has 2 aliphatic heterocycles. The van der Waals surface area contributed by atoms with Gasteiger partial charge in [-0.1, -0.05) is 13.8 Å². The predicted octanol–water partition coefficient (Wildman–Crippen LogP) is 0.323. The van der Waals surface area contributed by atoms with E-state index in [2.05, 4.69) is 5.32 Å². The molecule has 1 aromatic carbocycles. The van der Waals surface area contributed by atoms with E-state index in [0.717, 1.165) is 11.9 Å². The molecule has 3 atom stereocenters. The summed E-state index contributed by atoms with van der Waals surface area (Å²) in [5.74, 6) is -2.24. The Bertz CT molecular complexity index is 1100. The van der Waals surface area contributed by atoms with Crippen LogP contribution in [-0.4, -0.2) is 99.0 Å². The average Bonchev–Trinajstić information content (AvgIpc) is 3.32. The number of carbonyl (C=O) groups is 4. The second-order valence-electron chi connectivity index (χ2n) is 9.99. The molecule has 3 rings (SSSR count). The van der Waals surface area contributed by atoms with Crippen LogP contribution in [0.1, 0.15) is 37.0 Å². The van der Waals surface area contributed by atoms with Crippen molar-refractivity contribution in [3.8, 4) is 0 Å². The maximum absolute atomic E-state index is 13.5. The second-order valence-corrected chi connectivity index (χ2v) is 12.1. The molecule has 3 amide bonds. The number of nitrogens with one attached hydrogen (secondary N) is 1. The van der Waals surface area contributed by atoms with Crippen molar-refractivity contribution in [2.75, 3.05) is 44.1 Å². The number of hydrogen-bond acceptors (Lipinski definition) is 7. The lowest BCUT2D eigenvalue weighted by Crippen LogP contribution is -2.53. The Hall–Kier alpha value is -2.95. The van der Waals surface area contributed by atoms with Crippen molar-refractivity contribution in [1.82, 2.24) is 15.1 Å². The van der Waals surface area contributed by atoms with Crippen molar-refractivity contribution in [3.63, 3.8) is 0 Å². The number of fused-ring (bicyclic) bond motifs is 1. The minimum atomic E-state index is -3.54. The molecule has 0 aliphatic carbocycles. The van der Waals surface area contributed by atoms with Gasteiger partial charge in [0.25, 0.3) is 5.91 Å². The summed E-state index contributed by atoms with van der Waals surface area (Å²) in [6.45, 7) is 3.92. The molecule has 0 radical (unpaired) electrons. The van der Waals surface area contributed by atoms with Gasteiger partial charge in [0.2, 0.25) is 11.8 Å². The van der Waals surface area contributed by atoms with Gasteiger partial charge in [0, 0.05) is 38.1 Å². The fraction of sp³-hybridized carbons (Fsp3) is 0.583. The van der Waals surface area contributed by atoms with Gasteiger partial charge in [-0.3, -0.25) is 19.2 Å². The molecule has 35 heavy (non-hydrogen) atoms. The van der Waals surface area contributed by atoms with Crippen molar-refractivity contribution < 1.29 is 27.6 Å². The number of hydrogen-bond donors (Lipinski definition) is 1. The second kappa shape index (κ2) is 10.3. The molecule has 10 nitrogen and oxygen atoms in total. The summed E-state index contributed by atoms with van der Waals surface area (Å²) in [5.41, 5.74) is 1.36. The highest BCUT2D eigenvalue weighted by atomic mass is 32.2. The Morgan fingerprint density at radius 2 is 1.74 bits per heavy atom. The number of likely N-dealkylation sites (tertiary alicyclic amines) is 2. The van der Waals surface area contributed by atoms with Gasteiger partial charge in [-0.05, 0) is 43.0 Å². The van der Waals surface area contributed by atoms with E-state index in [4.69, 9.17) is 0 Å². The number of sulfone groups is 1. The third kappa shape index (κ3) is 6.19. The molecule has 3 unspecified atom stereocenters. The normalized spacial score (nSPS) is 20.7. The van der Waals surface area contributed by atoms with Gasteiger partial charge in [0.15, 0.2) is 15.6 Å². The lowest BCUT2D eigenvalue weighted by atomic mass is 10.0. The van der Waals surface area contributed by atoms with E-state index < -0.39 is 39.6 Å². The van der Waals surface area contributed by atoms with Crippen LogP contribution in [0.5, 0.6) is 0 Å². The summed E-state index contributed by atoms with van der Waals surface area (Å²) in [6, 6.07) is 4.82. The highest BCUT2D eigenvalue weighted by molar-refractivity contribution is 7.91. The molecule has 2 fully saturated rings. The first-order valence-electron chi connectivity index (χ1n) is 11.7. The molecular weight excluding hydrogens is 472 g/mol. The number of benzene rings is 1. The zero-order valence-corrected chi connectivity index (χ0v) is 21.7. The van der Waals surface area contributed by atoms with Gasteiger partial charge >= 0.3 is 0 Å². The molecule has 0 bridgehead atoms. The third-order valence-electron chi connectivity index (χ3n) is 6.37. The van der Waals surface area contributed by atoms with E-state index in [1.165, 1.54) is 9.80 Å². The minimum Gasteiger partial charge on any atom is -0.378 e. The number of amides is 3. The molecule has 1 N–H and O–H groups in total. The van der Waals surface area contributed by atoms with E-state index >= 15 is 0 Å².